The van der Waals surface area contributed by atoms with E-state index in [-0.39, 0.29) is 42.5 Å². The van der Waals surface area contributed by atoms with Gasteiger partial charge in [0, 0.05) is 36.4 Å². The zero-order valence-corrected chi connectivity index (χ0v) is 14.1. The standard InChI is InChI=1S/C18H23NO4/c1-5-6-13(20)17-14(21)8-12(9-15(17)22)16-10(2)7-11(3)19-18(16)23-4/h7,12,17H,5-6,8-9H2,1-4H3. The summed E-state index contributed by atoms with van der Waals surface area (Å²) in [5.74, 6) is -1.64. The number of hydrogen-bond acceptors (Lipinski definition) is 5. The van der Waals surface area contributed by atoms with Crippen LogP contribution in [-0.2, 0) is 14.4 Å². The van der Waals surface area contributed by atoms with E-state index in [1.807, 2.05) is 26.8 Å². The van der Waals surface area contributed by atoms with E-state index in [0.29, 0.717) is 12.3 Å². The number of carbonyl (C=O) groups is 3. The summed E-state index contributed by atoms with van der Waals surface area (Å²) in [4.78, 5) is 41.1. The van der Waals surface area contributed by atoms with Crippen molar-refractivity contribution in [3.63, 3.8) is 0 Å². The molecule has 1 aromatic heterocycles. The first-order chi connectivity index (χ1) is 10.9. The van der Waals surface area contributed by atoms with Crippen molar-refractivity contribution in [1.29, 1.82) is 0 Å². The van der Waals surface area contributed by atoms with Gasteiger partial charge in [-0.15, -0.1) is 0 Å². The first kappa shape index (κ1) is 17.3. The smallest absolute Gasteiger partial charge is 0.217 e. The molecule has 1 heterocycles. The van der Waals surface area contributed by atoms with Crippen LogP contribution in [-0.4, -0.2) is 29.4 Å². The number of Topliss-reactive ketones (excluding diaryl/α,β-unsaturated/α-hetero) is 3. The van der Waals surface area contributed by atoms with Crippen LogP contribution in [0.25, 0.3) is 0 Å². The molecule has 0 aromatic carbocycles. The first-order valence-corrected chi connectivity index (χ1v) is 7.99. The van der Waals surface area contributed by atoms with Crippen molar-refractivity contribution in [3.05, 3.63) is 22.9 Å². The third-order valence-electron chi connectivity index (χ3n) is 4.32. The third kappa shape index (κ3) is 3.49. The largest absolute Gasteiger partial charge is 0.481 e. The van der Waals surface area contributed by atoms with Crippen LogP contribution in [0.3, 0.4) is 0 Å². The highest BCUT2D eigenvalue weighted by Crippen LogP contribution is 2.38. The quantitative estimate of drug-likeness (QED) is 0.781. The molecule has 5 nitrogen and oxygen atoms in total. The molecule has 1 saturated carbocycles. The van der Waals surface area contributed by atoms with Crippen LogP contribution < -0.4 is 4.74 Å². The number of methoxy groups -OCH3 is 1. The Kier molecular flexibility index (Phi) is 5.29. The Bertz CT molecular complexity index is 633. The van der Waals surface area contributed by atoms with E-state index in [9.17, 15) is 14.4 Å². The van der Waals surface area contributed by atoms with Crippen molar-refractivity contribution in [2.75, 3.05) is 7.11 Å². The molecule has 0 spiro atoms. The molecule has 0 unspecified atom stereocenters. The van der Waals surface area contributed by atoms with Gasteiger partial charge in [0.15, 0.2) is 17.3 Å². The number of aromatic nitrogens is 1. The monoisotopic (exact) mass is 317 g/mol. The highest BCUT2D eigenvalue weighted by Gasteiger charge is 2.41. The third-order valence-corrected chi connectivity index (χ3v) is 4.32. The van der Waals surface area contributed by atoms with E-state index in [1.165, 1.54) is 7.11 Å². The minimum Gasteiger partial charge on any atom is -0.481 e. The van der Waals surface area contributed by atoms with E-state index in [4.69, 9.17) is 4.74 Å². The highest BCUT2D eigenvalue weighted by atomic mass is 16.5. The summed E-state index contributed by atoms with van der Waals surface area (Å²) in [6.07, 6.45) is 1.30. The fraction of sp³-hybridized carbons (Fsp3) is 0.556. The Morgan fingerprint density at radius 3 is 2.39 bits per heavy atom. The second-order valence-electron chi connectivity index (χ2n) is 6.19. The lowest BCUT2D eigenvalue weighted by Crippen LogP contribution is -2.38. The Labute approximate surface area is 136 Å². The summed E-state index contributed by atoms with van der Waals surface area (Å²) in [6, 6.07) is 1.92. The molecule has 23 heavy (non-hydrogen) atoms. The van der Waals surface area contributed by atoms with Gasteiger partial charge in [0.05, 0.1) is 7.11 Å². The maximum absolute atomic E-state index is 12.4. The second-order valence-corrected chi connectivity index (χ2v) is 6.19. The molecule has 0 radical (unpaired) electrons. The van der Waals surface area contributed by atoms with Crippen molar-refractivity contribution < 1.29 is 19.1 Å². The van der Waals surface area contributed by atoms with Gasteiger partial charge < -0.3 is 4.74 Å². The molecule has 0 atom stereocenters. The second kappa shape index (κ2) is 7.02. The molecule has 1 aromatic rings. The van der Waals surface area contributed by atoms with Gasteiger partial charge in [-0.3, -0.25) is 14.4 Å². The van der Waals surface area contributed by atoms with E-state index in [0.717, 1.165) is 16.8 Å². The van der Waals surface area contributed by atoms with Crippen molar-refractivity contribution in [2.45, 2.75) is 52.4 Å². The average Bonchev–Trinajstić information content (AvgIpc) is 2.45. The number of nitrogens with zero attached hydrogens (tertiary/aromatic N) is 1. The van der Waals surface area contributed by atoms with Gasteiger partial charge in [0.1, 0.15) is 5.92 Å². The molecule has 5 heteroatoms. The lowest BCUT2D eigenvalue weighted by atomic mass is 9.74. The Balaban J connectivity index is 2.31. The van der Waals surface area contributed by atoms with Gasteiger partial charge in [0.2, 0.25) is 5.88 Å². The lowest BCUT2D eigenvalue weighted by Gasteiger charge is -2.27. The van der Waals surface area contributed by atoms with Crippen LogP contribution in [0, 0.1) is 19.8 Å². The van der Waals surface area contributed by atoms with E-state index in [1.54, 1.807) is 0 Å². The number of carbonyl (C=O) groups excluding carboxylic acids is 3. The minimum absolute atomic E-state index is 0.188. The number of hydrogen-bond donors (Lipinski definition) is 0. The predicted octanol–water partition coefficient (Wildman–Crippen LogP) is 2.71. The van der Waals surface area contributed by atoms with Crippen molar-refractivity contribution in [3.8, 4) is 5.88 Å². The number of aryl methyl sites for hydroxylation is 2. The molecule has 0 N–H and O–H groups in total. The zero-order valence-electron chi connectivity index (χ0n) is 14.1. The van der Waals surface area contributed by atoms with Crippen LogP contribution in [0.2, 0.25) is 0 Å². The van der Waals surface area contributed by atoms with Crippen LogP contribution in [0.4, 0.5) is 0 Å². The first-order valence-electron chi connectivity index (χ1n) is 7.99. The summed E-state index contributed by atoms with van der Waals surface area (Å²) >= 11 is 0. The van der Waals surface area contributed by atoms with E-state index < -0.39 is 5.92 Å². The average molecular weight is 317 g/mol. The fourth-order valence-corrected chi connectivity index (χ4v) is 3.39. The molecular formula is C18H23NO4. The van der Waals surface area contributed by atoms with Crippen LogP contribution in [0.15, 0.2) is 6.07 Å². The number of rotatable bonds is 5. The molecule has 2 rings (SSSR count). The Morgan fingerprint density at radius 2 is 1.87 bits per heavy atom. The summed E-state index contributed by atoms with van der Waals surface area (Å²) in [5.41, 5.74) is 2.59. The van der Waals surface area contributed by atoms with Gasteiger partial charge in [0.25, 0.3) is 0 Å². The van der Waals surface area contributed by atoms with Crippen LogP contribution in [0.1, 0.15) is 55.3 Å². The van der Waals surface area contributed by atoms with Crippen LogP contribution >= 0.6 is 0 Å². The van der Waals surface area contributed by atoms with E-state index in [2.05, 4.69) is 4.98 Å². The van der Waals surface area contributed by atoms with Gasteiger partial charge in [-0.05, 0) is 31.9 Å². The maximum atomic E-state index is 12.4. The summed E-state index contributed by atoms with van der Waals surface area (Å²) < 4.78 is 5.34. The number of ether oxygens (including phenoxy) is 1. The van der Waals surface area contributed by atoms with Gasteiger partial charge in [-0.1, -0.05) is 6.92 Å². The molecule has 0 aliphatic heterocycles. The normalized spacial score (nSPS) is 21.4. The summed E-state index contributed by atoms with van der Waals surface area (Å²) in [6.45, 7) is 5.66. The molecule has 1 aliphatic carbocycles. The summed E-state index contributed by atoms with van der Waals surface area (Å²) in [7, 11) is 1.53. The van der Waals surface area contributed by atoms with Crippen molar-refractivity contribution >= 4 is 17.3 Å². The topological polar surface area (TPSA) is 73.3 Å². The van der Waals surface area contributed by atoms with Crippen LogP contribution in [0.5, 0.6) is 5.88 Å². The fourth-order valence-electron chi connectivity index (χ4n) is 3.39. The molecule has 0 saturated heterocycles. The van der Waals surface area contributed by atoms with Gasteiger partial charge in [-0.2, -0.15) is 0 Å². The van der Waals surface area contributed by atoms with Gasteiger partial charge in [-0.25, -0.2) is 4.98 Å². The molecule has 1 aliphatic rings. The molecule has 0 bridgehead atoms. The van der Waals surface area contributed by atoms with Gasteiger partial charge >= 0.3 is 0 Å². The molecule has 0 amide bonds. The minimum atomic E-state index is -1.06. The Hall–Kier alpha value is -2.04. The lowest BCUT2D eigenvalue weighted by molar-refractivity contribution is -0.142. The number of ketones is 3. The van der Waals surface area contributed by atoms with Crippen molar-refractivity contribution in [1.82, 2.24) is 4.98 Å². The van der Waals surface area contributed by atoms with Crippen molar-refractivity contribution in [2.24, 2.45) is 5.92 Å². The molecule has 1 fully saturated rings. The highest BCUT2D eigenvalue weighted by molar-refractivity contribution is 6.21. The van der Waals surface area contributed by atoms with E-state index >= 15 is 0 Å². The predicted molar refractivity (Wildman–Crippen MR) is 85.7 cm³/mol. The SMILES string of the molecule is CCCC(=O)C1C(=O)CC(c2c(C)cc(C)nc2OC)CC1=O. The molecule has 124 valence electrons. The Morgan fingerprint density at radius 1 is 1.26 bits per heavy atom. The maximum Gasteiger partial charge on any atom is 0.217 e. The molecular weight excluding hydrogens is 294 g/mol. The zero-order chi connectivity index (χ0) is 17.1. The summed E-state index contributed by atoms with van der Waals surface area (Å²) in [5, 5.41) is 0. The number of pyridine rings is 1.